The zero-order valence-electron chi connectivity index (χ0n) is 33.9. The van der Waals surface area contributed by atoms with E-state index in [-0.39, 0.29) is 0 Å². The molecule has 0 aliphatic heterocycles. The molecule has 0 bridgehead atoms. The molecule has 0 radical (unpaired) electrons. The molecule has 61 heavy (non-hydrogen) atoms. The quantitative estimate of drug-likeness (QED) is 0.112. The zero-order valence-corrected chi connectivity index (χ0v) is 33.9. The first-order valence-electron chi connectivity index (χ1n) is 20.8. The minimum absolute atomic E-state index is 1.09. The highest BCUT2D eigenvalue weighted by Gasteiger charge is 2.14. The van der Waals surface area contributed by atoms with Crippen LogP contribution in [-0.4, -0.2) is 0 Å². The van der Waals surface area contributed by atoms with Gasteiger partial charge in [0.1, 0.15) is 0 Å². The Hall–Kier alpha value is -8.00. The molecule has 9 aromatic rings. The first-order chi connectivity index (χ1) is 30.2. The zero-order chi connectivity index (χ0) is 41.1. The van der Waals surface area contributed by atoms with E-state index in [2.05, 4.69) is 260 Å². The van der Waals surface area contributed by atoms with Gasteiger partial charge in [0.05, 0.1) is 0 Å². The van der Waals surface area contributed by atoms with E-state index in [1.165, 1.54) is 66.8 Å². The van der Waals surface area contributed by atoms with E-state index >= 15 is 0 Å². The fourth-order valence-electron chi connectivity index (χ4n) is 7.49. The second-order valence-electron chi connectivity index (χ2n) is 15.1. The van der Waals surface area contributed by atoms with Crippen LogP contribution in [0.4, 0.5) is 17.1 Å². The summed E-state index contributed by atoms with van der Waals surface area (Å²) in [7, 11) is 0. The lowest BCUT2D eigenvalue weighted by atomic mass is 10.0. The van der Waals surface area contributed by atoms with Crippen LogP contribution in [0.3, 0.4) is 0 Å². The summed E-state index contributed by atoms with van der Waals surface area (Å²) in [6.45, 7) is 0. The fraction of sp³-hybridized carbons (Fsp3) is 0. The monoisotopic (exact) mass is 779 g/mol. The summed E-state index contributed by atoms with van der Waals surface area (Å²) < 4.78 is 0. The van der Waals surface area contributed by atoms with Gasteiger partial charge in [0.25, 0.3) is 0 Å². The van der Waals surface area contributed by atoms with Gasteiger partial charge in [-0.05, 0) is 103 Å². The highest BCUT2D eigenvalue weighted by molar-refractivity contribution is 5.82. The van der Waals surface area contributed by atoms with Gasteiger partial charge in [-0.3, -0.25) is 0 Å². The molecular formula is C60H45N. The number of nitrogens with zero attached hydrogens (tertiary/aromatic N) is 1. The summed E-state index contributed by atoms with van der Waals surface area (Å²) >= 11 is 0. The third-order valence-corrected chi connectivity index (χ3v) is 10.9. The molecule has 0 fully saturated rings. The van der Waals surface area contributed by atoms with Gasteiger partial charge in [-0.25, -0.2) is 0 Å². The van der Waals surface area contributed by atoms with Crippen molar-refractivity contribution in [3.8, 4) is 33.4 Å². The summed E-state index contributed by atoms with van der Waals surface area (Å²) in [5, 5.41) is 0. The van der Waals surface area contributed by atoms with Crippen molar-refractivity contribution < 1.29 is 0 Å². The third-order valence-electron chi connectivity index (χ3n) is 10.9. The maximum Gasteiger partial charge on any atom is 0.0462 e. The van der Waals surface area contributed by atoms with Crippen molar-refractivity contribution in [2.75, 3.05) is 4.90 Å². The van der Waals surface area contributed by atoms with Gasteiger partial charge in [-0.2, -0.15) is 0 Å². The molecule has 0 spiro atoms. The number of rotatable bonds is 12. The predicted octanol–water partition coefficient (Wildman–Crippen LogP) is 16.7. The Labute approximate surface area is 360 Å². The van der Waals surface area contributed by atoms with Crippen molar-refractivity contribution in [1.29, 1.82) is 0 Å². The molecule has 0 amide bonds. The molecule has 9 aromatic carbocycles. The van der Waals surface area contributed by atoms with Crippen LogP contribution in [0, 0.1) is 0 Å². The molecule has 9 rings (SSSR count). The summed E-state index contributed by atoms with van der Waals surface area (Å²) in [6.07, 6.45) is 12.9. The van der Waals surface area contributed by atoms with Crippen molar-refractivity contribution >= 4 is 53.5 Å². The molecule has 0 unspecified atom stereocenters. The van der Waals surface area contributed by atoms with E-state index in [9.17, 15) is 0 Å². The van der Waals surface area contributed by atoms with Gasteiger partial charge in [-0.15, -0.1) is 0 Å². The Morgan fingerprint density at radius 1 is 0.180 bits per heavy atom. The SMILES string of the molecule is C(=Cc1ccc(-c2ccc(N(c3ccc(-c4ccc(C=Cc5ccccc5)cc4)cc3)c3ccc(-c4ccc(C=Cc5ccccc5)cc4)cc3)cc2)cc1)c1ccccc1. The van der Waals surface area contributed by atoms with Crippen LogP contribution in [0.2, 0.25) is 0 Å². The van der Waals surface area contributed by atoms with E-state index in [0.29, 0.717) is 0 Å². The first kappa shape index (κ1) is 38.5. The molecule has 0 atom stereocenters. The minimum Gasteiger partial charge on any atom is -0.311 e. The molecule has 0 saturated heterocycles. The molecule has 0 heterocycles. The normalized spacial score (nSPS) is 11.4. The lowest BCUT2D eigenvalue weighted by molar-refractivity contribution is 1.28. The number of benzene rings is 9. The van der Waals surface area contributed by atoms with E-state index in [0.717, 1.165) is 17.1 Å². The standard InChI is InChI=1S/C60H45N/c1-4-10-46(11-5-1)16-19-49-22-28-52(29-23-49)55-34-40-58(41-35-55)61(59-42-36-56(37-43-59)53-30-24-50(25-31-53)20-17-47-12-6-2-7-13-47)60-44-38-57(39-45-60)54-32-26-51(27-33-54)21-18-48-14-8-3-9-15-48/h1-45H. The predicted molar refractivity (Wildman–Crippen MR) is 264 cm³/mol. The summed E-state index contributed by atoms with van der Waals surface area (Å²) in [5.41, 5.74) is 17.5. The van der Waals surface area contributed by atoms with Crippen molar-refractivity contribution in [1.82, 2.24) is 0 Å². The average molecular weight is 780 g/mol. The molecule has 1 nitrogen and oxygen atoms in total. The molecule has 0 N–H and O–H groups in total. The van der Waals surface area contributed by atoms with Gasteiger partial charge in [-0.1, -0.05) is 237 Å². The van der Waals surface area contributed by atoms with Crippen molar-refractivity contribution in [2.45, 2.75) is 0 Å². The number of hydrogen-bond acceptors (Lipinski definition) is 1. The van der Waals surface area contributed by atoms with E-state index in [1.54, 1.807) is 0 Å². The smallest absolute Gasteiger partial charge is 0.0462 e. The molecule has 0 aliphatic carbocycles. The highest BCUT2D eigenvalue weighted by atomic mass is 15.1. The third kappa shape index (κ3) is 9.83. The Kier molecular flexibility index (Phi) is 11.8. The van der Waals surface area contributed by atoms with Crippen LogP contribution in [0.1, 0.15) is 33.4 Å². The summed E-state index contributed by atoms with van der Waals surface area (Å²) in [5.74, 6) is 0. The maximum atomic E-state index is 2.34. The molecular weight excluding hydrogens is 735 g/mol. The van der Waals surface area contributed by atoms with Crippen molar-refractivity contribution in [2.24, 2.45) is 0 Å². The Balaban J connectivity index is 0.967. The molecule has 0 aromatic heterocycles. The summed E-state index contributed by atoms with van der Waals surface area (Å²) in [4.78, 5) is 2.34. The van der Waals surface area contributed by atoms with Crippen LogP contribution in [0.25, 0.3) is 69.8 Å². The van der Waals surface area contributed by atoms with Gasteiger partial charge in [0, 0.05) is 17.1 Å². The van der Waals surface area contributed by atoms with E-state index < -0.39 is 0 Å². The van der Waals surface area contributed by atoms with Gasteiger partial charge < -0.3 is 4.90 Å². The van der Waals surface area contributed by atoms with Gasteiger partial charge in [0.15, 0.2) is 0 Å². The van der Waals surface area contributed by atoms with Crippen molar-refractivity contribution in [3.05, 3.63) is 270 Å². The largest absolute Gasteiger partial charge is 0.311 e. The van der Waals surface area contributed by atoms with E-state index in [1.807, 2.05) is 18.2 Å². The Bertz CT molecular complexity index is 2530. The molecule has 290 valence electrons. The molecule has 1 heteroatoms. The fourth-order valence-corrected chi connectivity index (χ4v) is 7.49. The second kappa shape index (κ2) is 18.7. The maximum absolute atomic E-state index is 2.34. The Morgan fingerprint density at radius 3 is 0.574 bits per heavy atom. The van der Waals surface area contributed by atoms with E-state index in [4.69, 9.17) is 0 Å². The second-order valence-corrected chi connectivity index (χ2v) is 15.1. The number of hydrogen-bond donors (Lipinski definition) is 0. The van der Waals surface area contributed by atoms with Crippen LogP contribution >= 0.6 is 0 Å². The van der Waals surface area contributed by atoms with Crippen LogP contribution in [-0.2, 0) is 0 Å². The van der Waals surface area contributed by atoms with Gasteiger partial charge >= 0.3 is 0 Å². The Morgan fingerprint density at radius 2 is 0.361 bits per heavy atom. The van der Waals surface area contributed by atoms with Crippen LogP contribution in [0.15, 0.2) is 237 Å². The van der Waals surface area contributed by atoms with Gasteiger partial charge in [0.2, 0.25) is 0 Å². The molecule has 0 aliphatic rings. The average Bonchev–Trinajstić information content (AvgIpc) is 3.34. The van der Waals surface area contributed by atoms with Crippen LogP contribution in [0.5, 0.6) is 0 Å². The van der Waals surface area contributed by atoms with Crippen molar-refractivity contribution in [3.63, 3.8) is 0 Å². The summed E-state index contributed by atoms with van der Waals surface area (Å²) in [6, 6.07) is 84.2. The highest BCUT2D eigenvalue weighted by Crippen LogP contribution is 2.38. The van der Waals surface area contributed by atoms with Crippen LogP contribution < -0.4 is 4.90 Å². The number of anilines is 3. The lowest BCUT2D eigenvalue weighted by Crippen LogP contribution is -2.09. The first-order valence-corrected chi connectivity index (χ1v) is 20.8. The topological polar surface area (TPSA) is 3.24 Å². The minimum atomic E-state index is 1.09. The molecule has 0 saturated carbocycles. The lowest BCUT2D eigenvalue weighted by Gasteiger charge is -2.26.